The van der Waals surface area contributed by atoms with Crippen LogP contribution in [0.25, 0.3) is 5.69 Å². The minimum absolute atomic E-state index is 0.339. The van der Waals surface area contributed by atoms with Crippen molar-refractivity contribution in [3.05, 3.63) is 107 Å². The summed E-state index contributed by atoms with van der Waals surface area (Å²) < 4.78 is 34.3. The molecule has 0 aliphatic heterocycles. The fourth-order valence-electron chi connectivity index (χ4n) is 4.36. The second kappa shape index (κ2) is 11.6. The van der Waals surface area contributed by atoms with Gasteiger partial charge in [0.25, 0.3) is 5.91 Å². The highest BCUT2D eigenvalue weighted by Gasteiger charge is 2.29. The van der Waals surface area contributed by atoms with Gasteiger partial charge in [-0.05, 0) is 82.3 Å². The van der Waals surface area contributed by atoms with Crippen LogP contribution < -0.4 is 14.5 Å². The molecule has 3 aromatic carbocycles. The Morgan fingerprint density at radius 1 is 0.949 bits per heavy atom. The van der Waals surface area contributed by atoms with E-state index < -0.39 is 22.0 Å². The standard InChI is InChI=1S/C30H32N4O4S/c1-21-11-13-26(14-12-21)33-22(2)19-25(23(33)3)20-31-32-30(35)24(4)34(39(5,36)37)27-15-17-29(18-16-27)38-28-9-7-6-8-10-28/h6-20,24H,1-5H3,(H,32,35)/b31-20-/t24-/m1/s1. The predicted octanol–water partition coefficient (Wildman–Crippen LogP) is 5.50. The average molecular weight is 545 g/mol. The molecule has 0 saturated carbocycles. The highest BCUT2D eigenvalue weighted by atomic mass is 32.2. The molecule has 0 saturated heterocycles. The number of rotatable bonds is 9. The first-order valence-corrected chi connectivity index (χ1v) is 14.3. The summed E-state index contributed by atoms with van der Waals surface area (Å²) in [4.78, 5) is 13.0. The molecule has 0 bridgehead atoms. The van der Waals surface area contributed by atoms with Crippen LogP contribution >= 0.6 is 0 Å². The highest BCUT2D eigenvalue weighted by Crippen LogP contribution is 2.27. The zero-order valence-electron chi connectivity index (χ0n) is 22.6. The molecule has 0 fully saturated rings. The molecular formula is C30H32N4O4S. The van der Waals surface area contributed by atoms with Gasteiger partial charge in [0.05, 0.1) is 18.2 Å². The quantitative estimate of drug-likeness (QED) is 0.222. The number of para-hydroxylation sites is 1. The molecule has 0 aliphatic rings. The van der Waals surface area contributed by atoms with Gasteiger partial charge < -0.3 is 9.30 Å². The van der Waals surface area contributed by atoms with Crippen LogP contribution in [0.4, 0.5) is 5.69 Å². The van der Waals surface area contributed by atoms with Gasteiger partial charge in [0.2, 0.25) is 10.0 Å². The molecule has 1 heterocycles. The number of nitrogens with one attached hydrogen (secondary N) is 1. The molecule has 9 heteroatoms. The van der Waals surface area contributed by atoms with Gasteiger partial charge in [0, 0.05) is 22.6 Å². The van der Waals surface area contributed by atoms with Crippen LogP contribution in [0, 0.1) is 20.8 Å². The Bertz CT molecular complexity index is 1580. The molecule has 0 radical (unpaired) electrons. The van der Waals surface area contributed by atoms with Gasteiger partial charge in [0.1, 0.15) is 17.5 Å². The van der Waals surface area contributed by atoms with E-state index in [4.69, 9.17) is 4.74 Å². The van der Waals surface area contributed by atoms with Crippen molar-refractivity contribution in [1.82, 2.24) is 9.99 Å². The molecule has 0 spiro atoms. The van der Waals surface area contributed by atoms with Gasteiger partial charge in [-0.15, -0.1) is 0 Å². The van der Waals surface area contributed by atoms with E-state index in [1.54, 1.807) is 30.5 Å². The van der Waals surface area contributed by atoms with E-state index in [1.807, 2.05) is 57.2 Å². The molecule has 4 aromatic rings. The number of benzene rings is 3. The van der Waals surface area contributed by atoms with Crippen LogP contribution in [0.2, 0.25) is 0 Å². The normalized spacial score (nSPS) is 12.3. The minimum atomic E-state index is -3.78. The number of aromatic nitrogens is 1. The Hall–Kier alpha value is -4.37. The molecule has 0 aliphatic carbocycles. The van der Waals surface area contributed by atoms with Crippen molar-refractivity contribution in [2.45, 2.75) is 33.7 Å². The zero-order valence-corrected chi connectivity index (χ0v) is 23.4. The number of sulfonamides is 1. The Labute approximate surface area is 229 Å². The Kier molecular flexibility index (Phi) is 8.21. The monoisotopic (exact) mass is 544 g/mol. The highest BCUT2D eigenvalue weighted by molar-refractivity contribution is 7.92. The smallest absolute Gasteiger partial charge is 0.263 e. The van der Waals surface area contributed by atoms with Crippen molar-refractivity contribution in [2.24, 2.45) is 5.10 Å². The van der Waals surface area contributed by atoms with Crippen molar-refractivity contribution < 1.29 is 17.9 Å². The first kappa shape index (κ1) is 27.7. The lowest BCUT2D eigenvalue weighted by Gasteiger charge is -2.27. The predicted molar refractivity (Wildman–Crippen MR) is 155 cm³/mol. The van der Waals surface area contributed by atoms with Gasteiger partial charge in [-0.3, -0.25) is 9.10 Å². The molecule has 202 valence electrons. The first-order valence-electron chi connectivity index (χ1n) is 12.5. The SMILES string of the molecule is Cc1ccc(-n2c(C)cc(/C=N\NC(=O)[C@@H](C)N(c3ccc(Oc4ccccc4)cc3)S(C)(=O)=O)c2C)cc1. The number of amides is 1. The van der Waals surface area contributed by atoms with Gasteiger partial charge >= 0.3 is 0 Å². The van der Waals surface area contributed by atoms with Crippen molar-refractivity contribution >= 4 is 27.8 Å². The van der Waals surface area contributed by atoms with Gasteiger partial charge in [-0.25, -0.2) is 13.8 Å². The van der Waals surface area contributed by atoms with Crippen molar-refractivity contribution in [1.29, 1.82) is 0 Å². The molecule has 1 atom stereocenters. The molecule has 8 nitrogen and oxygen atoms in total. The zero-order chi connectivity index (χ0) is 28.2. The third kappa shape index (κ3) is 6.56. The van der Waals surface area contributed by atoms with Gasteiger partial charge in [0.15, 0.2) is 0 Å². The van der Waals surface area contributed by atoms with Crippen LogP contribution in [0.1, 0.15) is 29.4 Å². The lowest BCUT2D eigenvalue weighted by atomic mass is 10.2. The van der Waals surface area contributed by atoms with Crippen LogP contribution in [-0.4, -0.2) is 37.4 Å². The summed E-state index contributed by atoms with van der Waals surface area (Å²) in [6.45, 7) is 7.55. The molecule has 39 heavy (non-hydrogen) atoms. The molecule has 1 aromatic heterocycles. The average Bonchev–Trinajstić information content (AvgIpc) is 3.18. The first-order chi connectivity index (χ1) is 18.5. The van der Waals surface area contributed by atoms with E-state index in [9.17, 15) is 13.2 Å². The molecular weight excluding hydrogens is 512 g/mol. The number of hydrazone groups is 1. The third-order valence-electron chi connectivity index (χ3n) is 6.30. The maximum Gasteiger partial charge on any atom is 0.263 e. The maximum atomic E-state index is 13.0. The van der Waals surface area contributed by atoms with E-state index in [1.165, 1.54) is 12.5 Å². The number of anilines is 1. The molecule has 0 unspecified atom stereocenters. The number of aryl methyl sites for hydroxylation is 2. The largest absolute Gasteiger partial charge is 0.457 e. The summed E-state index contributed by atoms with van der Waals surface area (Å²) in [6.07, 6.45) is 2.63. The number of carbonyl (C=O) groups is 1. The Balaban J connectivity index is 1.47. The second-order valence-corrected chi connectivity index (χ2v) is 11.2. The third-order valence-corrected chi connectivity index (χ3v) is 7.54. The van der Waals surface area contributed by atoms with Crippen LogP contribution in [0.3, 0.4) is 0 Å². The van der Waals surface area contributed by atoms with Crippen LogP contribution in [-0.2, 0) is 14.8 Å². The number of hydrogen-bond donors (Lipinski definition) is 1. The number of carbonyl (C=O) groups excluding carboxylic acids is 1. The fraction of sp³-hybridized carbons (Fsp3) is 0.200. The summed E-state index contributed by atoms with van der Waals surface area (Å²) in [6, 6.07) is 24.9. The minimum Gasteiger partial charge on any atom is -0.457 e. The summed E-state index contributed by atoms with van der Waals surface area (Å²) >= 11 is 0. The van der Waals surface area contributed by atoms with Gasteiger partial charge in [-0.2, -0.15) is 5.10 Å². The number of nitrogens with zero attached hydrogens (tertiary/aromatic N) is 3. The number of ether oxygens (including phenoxy) is 1. The lowest BCUT2D eigenvalue weighted by molar-refractivity contribution is -0.121. The van der Waals surface area contributed by atoms with Crippen molar-refractivity contribution in [2.75, 3.05) is 10.6 Å². The van der Waals surface area contributed by atoms with E-state index in [-0.39, 0.29) is 0 Å². The van der Waals surface area contributed by atoms with Crippen molar-refractivity contribution in [3.63, 3.8) is 0 Å². The summed E-state index contributed by atoms with van der Waals surface area (Å²) in [5.74, 6) is 0.646. The van der Waals surface area contributed by atoms with E-state index >= 15 is 0 Å². The summed E-state index contributed by atoms with van der Waals surface area (Å²) in [5, 5.41) is 4.13. The Morgan fingerprint density at radius 3 is 2.18 bits per heavy atom. The van der Waals surface area contributed by atoms with E-state index in [0.29, 0.717) is 17.2 Å². The second-order valence-electron chi connectivity index (χ2n) is 9.38. The van der Waals surface area contributed by atoms with E-state index in [2.05, 4.69) is 39.4 Å². The van der Waals surface area contributed by atoms with Crippen LogP contribution in [0.5, 0.6) is 11.5 Å². The van der Waals surface area contributed by atoms with Gasteiger partial charge in [-0.1, -0.05) is 35.9 Å². The fourth-order valence-corrected chi connectivity index (χ4v) is 5.54. The van der Waals surface area contributed by atoms with Crippen molar-refractivity contribution in [3.8, 4) is 17.2 Å². The topological polar surface area (TPSA) is 93.0 Å². The number of hydrogen-bond acceptors (Lipinski definition) is 5. The van der Waals surface area contributed by atoms with Crippen LogP contribution in [0.15, 0.2) is 90.0 Å². The van der Waals surface area contributed by atoms with E-state index in [0.717, 1.165) is 33.2 Å². The molecule has 1 N–H and O–H groups in total. The maximum absolute atomic E-state index is 13.0. The molecule has 4 rings (SSSR count). The summed E-state index contributed by atoms with van der Waals surface area (Å²) in [5.41, 5.74) is 7.89. The molecule has 1 amide bonds. The summed E-state index contributed by atoms with van der Waals surface area (Å²) in [7, 11) is -3.78. The Morgan fingerprint density at radius 2 is 1.56 bits per heavy atom. The lowest BCUT2D eigenvalue weighted by Crippen LogP contribution is -2.46.